The molecule has 0 unspecified atom stereocenters. The van der Waals surface area contributed by atoms with E-state index in [9.17, 15) is 4.79 Å². The third kappa shape index (κ3) is 3.66. The number of hydrogen-bond acceptors (Lipinski definition) is 8. The molecule has 0 amide bonds. The van der Waals surface area contributed by atoms with Crippen molar-refractivity contribution in [1.29, 1.82) is 0 Å². The van der Waals surface area contributed by atoms with Crippen molar-refractivity contribution in [2.75, 3.05) is 7.11 Å². The molecule has 3 rings (SSSR count). The minimum absolute atomic E-state index is 0.0967. The summed E-state index contributed by atoms with van der Waals surface area (Å²) in [5.74, 6) is -0.163. The number of aliphatic carboxylic acids is 1. The molecule has 23 heavy (non-hydrogen) atoms. The van der Waals surface area contributed by atoms with Crippen molar-refractivity contribution in [3.8, 4) is 11.4 Å². The second-order valence-electron chi connectivity index (χ2n) is 4.35. The maximum absolute atomic E-state index is 10.7. The molecule has 10 heteroatoms. The molecule has 0 fully saturated rings. The van der Waals surface area contributed by atoms with Crippen molar-refractivity contribution >= 4 is 29.1 Å². The van der Waals surface area contributed by atoms with Crippen LogP contribution in [0.4, 0.5) is 0 Å². The number of carboxylic acids is 1. The van der Waals surface area contributed by atoms with Gasteiger partial charge in [0.05, 0.1) is 24.9 Å². The zero-order valence-corrected chi connectivity index (χ0v) is 13.5. The number of benzene rings is 1. The zero-order valence-electron chi connectivity index (χ0n) is 11.9. The van der Waals surface area contributed by atoms with Gasteiger partial charge < -0.3 is 9.84 Å². The van der Waals surface area contributed by atoms with E-state index in [1.54, 1.807) is 17.2 Å². The Morgan fingerprint density at radius 1 is 1.39 bits per heavy atom. The number of ether oxygens (including phenoxy) is 1. The standard InChI is InChI=1S/C13H11N5O3S2/c1-21-10-4-2-9(3-5-10)18-12(15-16-17-18)23-13-14-8(7-22-13)6-11(19)20/h2-5,7H,6H2,1H3,(H,19,20). The normalized spacial score (nSPS) is 10.7. The van der Waals surface area contributed by atoms with Crippen molar-refractivity contribution in [3.63, 3.8) is 0 Å². The van der Waals surface area contributed by atoms with Crippen LogP contribution in [0.3, 0.4) is 0 Å². The fourth-order valence-electron chi connectivity index (χ4n) is 1.78. The van der Waals surface area contributed by atoms with Gasteiger partial charge in [-0.1, -0.05) is 0 Å². The number of methoxy groups -OCH3 is 1. The van der Waals surface area contributed by atoms with E-state index in [4.69, 9.17) is 9.84 Å². The van der Waals surface area contributed by atoms with Crippen molar-refractivity contribution in [2.45, 2.75) is 15.9 Å². The molecule has 0 aliphatic rings. The Hall–Kier alpha value is -2.46. The van der Waals surface area contributed by atoms with E-state index in [1.165, 1.54) is 23.1 Å². The van der Waals surface area contributed by atoms with Crippen molar-refractivity contribution < 1.29 is 14.6 Å². The molecule has 0 radical (unpaired) electrons. The first-order chi connectivity index (χ1) is 11.2. The maximum Gasteiger partial charge on any atom is 0.309 e. The smallest absolute Gasteiger partial charge is 0.309 e. The molecule has 118 valence electrons. The highest BCUT2D eigenvalue weighted by Crippen LogP contribution is 2.30. The van der Waals surface area contributed by atoms with Crippen LogP contribution in [0, 0.1) is 0 Å². The Bertz CT molecular complexity index is 815. The minimum atomic E-state index is -0.907. The van der Waals surface area contributed by atoms with Crippen LogP contribution in [-0.2, 0) is 11.2 Å². The van der Waals surface area contributed by atoms with Gasteiger partial charge in [-0.15, -0.1) is 16.4 Å². The number of carbonyl (C=O) groups is 1. The summed E-state index contributed by atoms with van der Waals surface area (Å²) < 4.78 is 7.40. The van der Waals surface area contributed by atoms with Gasteiger partial charge in [0.25, 0.3) is 0 Å². The Morgan fingerprint density at radius 3 is 2.87 bits per heavy atom. The molecule has 1 N–H and O–H groups in total. The van der Waals surface area contributed by atoms with Crippen LogP contribution >= 0.6 is 23.1 Å². The average molecular weight is 349 g/mol. The number of tetrazole rings is 1. The maximum atomic E-state index is 10.7. The van der Waals surface area contributed by atoms with Crippen LogP contribution in [0.15, 0.2) is 39.1 Å². The topological polar surface area (TPSA) is 103 Å². The molecule has 0 spiro atoms. The van der Waals surface area contributed by atoms with Gasteiger partial charge in [-0.05, 0) is 46.5 Å². The third-order valence-corrected chi connectivity index (χ3v) is 4.72. The summed E-state index contributed by atoms with van der Waals surface area (Å²) in [6.07, 6.45) is -0.0967. The lowest BCUT2D eigenvalue weighted by Gasteiger charge is -2.04. The van der Waals surface area contributed by atoms with Crippen molar-refractivity contribution in [3.05, 3.63) is 35.3 Å². The largest absolute Gasteiger partial charge is 0.497 e. The first kappa shape index (κ1) is 15.4. The highest BCUT2D eigenvalue weighted by atomic mass is 32.2. The van der Waals surface area contributed by atoms with Gasteiger partial charge in [0.2, 0.25) is 5.16 Å². The summed E-state index contributed by atoms with van der Waals surface area (Å²) in [6, 6.07) is 7.33. The van der Waals surface area contributed by atoms with Gasteiger partial charge in [0, 0.05) is 5.38 Å². The van der Waals surface area contributed by atoms with Gasteiger partial charge in [0.15, 0.2) is 4.34 Å². The summed E-state index contributed by atoms with van der Waals surface area (Å²) in [7, 11) is 1.60. The molecule has 8 nitrogen and oxygen atoms in total. The number of aromatic nitrogens is 5. The second kappa shape index (κ2) is 6.75. The van der Waals surface area contributed by atoms with Crippen molar-refractivity contribution in [1.82, 2.24) is 25.2 Å². The number of rotatable bonds is 6. The molecule has 1 aromatic carbocycles. The molecule has 0 bridgehead atoms. The number of carboxylic acid groups (broad SMARTS) is 1. The van der Waals surface area contributed by atoms with Gasteiger partial charge in [0.1, 0.15) is 5.75 Å². The Morgan fingerprint density at radius 2 is 2.17 bits per heavy atom. The van der Waals surface area contributed by atoms with Crippen LogP contribution in [0.25, 0.3) is 5.69 Å². The highest BCUT2D eigenvalue weighted by molar-refractivity contribution is 8.00. The van der Waals surface area contributed by atoms with Crippen LogP contribution in [0.2, 0.25) is 0 Å². The van der Waals surface area contributed by atoms with Crippen molar-refractivity contribution in [2.24, 2.45) is 0 Å². The Labute approximate surface area is 139 Å². The predicted octanol–water partition coefficient (Wildman–Crippen LogP) is 1.91. The molecule has 0 atom stereocenters. The summed E-state index contributed by atoms with van der Waals surface area (Å²) in [5.41, 5.74) is 1.31. The van der Waals surface area contributed by atoms with E-state index in [1.807, 2.05) is 24.3 Å². The lowest BCUT2D eigenvalue weighted by atomic mass is 10.3. The van der Waals surface area contributed by atoms with E-state index < -0.39 is 5.97 Å². The molecule has 3 aromatic rings. The predicted molar refractivity (Wildman–Crippen MR) is 83.3 cm³/mol. The van der Waals surface area contributed by atoms with E-state index in [2.05, 4.69) is 20.5 Å². The lowest BCUT2D eigenvalue weighted by Crippen LogP contribution is -2.00. The lowest BCUT2D eigenvalue weighted by molar-refractivity contribution is -0.136. The summed E-state index contributed by atoms with van der Waals surface area (Å²) >= 11 is 2.64. The van der Waals surface area contributed by atoms with Crippen LogP contribution < -0.4 is 4.74 Å². The van der Waals surface area contributed by atoms with Gasteiger partial charge >= 0.3 is 5.97 Å². The van der Waals surface area contributed by atoms with Crippen LogP contribution in [0.1, 0.15) is 5.69 Å². The van der Waals surface area contributed by atoms with Gasteiger partial charge in [-0.3, -0.25) is 4.79 Å². The van der Waals surface area contributed by atoms with Gasteiger partial charge in [-0.25, -0.2) is 4.98 Å². The molecule has 0 saturated heterocycles. The van der Waals surface area contributed by atoms with E-state index in [0.717, 1.165) is 11.4 Å². The van der Waals surface area contributed by atoms with Crippen LogP contribution in [-0.4, -0.2) is 43.4 Å². The average Bonchev–Trinajstić information content (AvgIpc) is 3.17. The quantitative estimate of drug-likeness (QED) is 0.720. The molecule has 0 aliphatic heterocycles. The minimum Gasteiger partial charge on any atom is -0.497 e. The monoisotopic (exact) mass is 349 g/mol. The van der Waals surface area contributed by atoms with Gasteiger partial charge in [-0.2, -0.15) is 4.68 Å². The Balaban J connectivity index is 1.80. The third-order valence-electron chi connectivity index (χ3n) is 2.80. The number of nitrogens with zero attached hydrogens (tertiary/aromatic N) is 5. The molecule has 0 aliphatic carbocycles. The second-order valence-corrected chi connectivity index (χ2v) is 6.42. The summed E-state index contributed by atoms with van der Waals surface area (Å²) in [6.45, 7) is 0. The molecule has 2 aromatic heterocycles. The van der Waals surface area contributed by atoms with E-state index in [-0.39, 0.29) is 6.42 Å². The molecule has 2 heterocycles. The fourth-order valence-corrected chi connectivity index (χ4v) is 3.51. The summed E-state index contributed by atoms with van der Waals surface area (Å²) in [5, 5.41) is 22.7. The zero-order chi connectivity index (χ0) is 16.2. The number of thiazole rings is 1. The summed E-state index contributed by atoms with van der Waals surface area (Å²) in [4.78, 5) is 15.0. The molecule has 0 saturated carbocycles. The molecular weight excluding hydrogens is 338 g/mol. The Kier molecular flexibility index (Phi) is 4.53. The first-order valence-electron chi connectivity index (χ1n) is 6.42. The van der Waals surface area contributed by atoms with E-state index in [0.29, 0.717) is 15.2 Å². The number of hydrogen-bond donors (Lipinski definition) is 1. The SMILES string of the molecule is COc1ccc(-n2nnnc2Sc2nc(CC(=O)O)cs2)cc1. The van der Waals surface area contributed by atoms with E-state index >= 15 is 0 Å². The fraction of sp³-hybridized carbons (Fsp3) is 0.154. The first-order valence-corrected chi connectivity index (χ1v) is 8.12. The highest BCUT2D eigenvalue weighted by Gasteiger charge is 2.13. The van der Waals surface area contributed by atoms with Crippen LogP contribution in [0.5, 0.6) is 5.75 Å². The molecular formula is C13H11N5O3S2.